The molecule has 1 unspecified atom stereocenters. The van der Waals surface area contributed by atoms with Gasteiger partial charge in [-0.3, -0.25) is 14.9 Å². The van der Waals surface area contributed by atoms with Gasteiger partial charge in [-0.1, -0.05) is 35.9 Å². The van der Waals surface area contributed by atoms with Crippen molar-refractivity contribution in [1.82, 2.24) is 0 Å². The van der Waals surface area contributed by atoms with Crippen LogP contribution in [0.25, 0.3) is 0 Å². The van der Waals surface area contributed by atoms with Gasteiger partial charge in [-0.15, -0.1) is 0 Å². The van der Waals surface area contributed by atoms with Crippen molar-refractivity contribution in [3.05, 3.63) is 92.1 Å². The minimum Gasteiger partial charge on any atom is -0.482 e. The van der Waals surface area contributed by atoms with Gasteiger partial charge in [0.1, 0.15) is 24.0 Å². The smallest absolute Gasteiger partial charge is 0.311 e. The van der Waals surface area contributed by atoms with Crippen molar-refractivity contribution in [2.75, 3.05) is 0 Å². The number of benzene rings is 2. The van der Waals surface area contributed by atoms with Crippen LogP contribution >= 0.6 is 0 Å². The minimum atomic E-state index is -0.804. The lowest BCUT2D eigenvalue weighted by Gasteiger charge is -2.30. The second-order valence-electron chi connectivity index (χ2n) is 7.80. The highest BCUT2D eigenvalue weighted by molar-refractivity contribution is 5.99. The lowest BCUT2D eigenvalue weighted by atomic mass is 9.77. The summed E-state index contributed by atoms with van der Waals surface area (Å²) in [4.78, 5) is 23.9. The van der Waals surface area contributed by atoms with Crippen molar-refractivity contribution >= 4 is 11.5 Å². The molecule has 2 N–H and O–H groups in total. The number of nitrogens with two attached hydrogens (primary N) is 1. The van der Waals surface area contributed by atoms with Gasteiger partial charge in [0.2, 0.25) is 5.88 Å². The second-order valence-corrected chi connectivity index (χ2v) is 7.80. The molecule has 2 aromatic carbocycles. The first kappa shape index (κ1) is 21.1. The first-order valence-electron chi connectivity index (χ1n) is 10.2. The van der Waals surface area contributed by atoms with Crippen LogP contribution in [0.3, 0.4) is 0 Å². The Morgan fingerprint density at radius 1 is 1.25 bits per heavy atom. The molecule has 8 nitrogen and oxygen atoms in total. The fourth-order valence-corrected chi connectivity index (χ4v) is 4.01. The summed E-state index contributed by atoms with van der Waals surface area (Å²) < 4.78 is 11.3. The van der Waals surface area contributed by atoms with Crippen molar-refractivity contribution in [2.24, 2.45) is 5.73 Å². The molecule has 8 heteroatoms. The number of ketones is 1. The zero-order valence-corrected chi connectivity index (χ0v) is 17.5. The number of nitriles is 1. The van der Waals surface area contributed by atoms with Gasteiger partial charge in [-0.2, -0.15) is 5.26 Å². The number of allylic oxidation sites excluding steroid dienone is 3. The molecule has 0 saturated heterocycles. The number of hydrogen-bond acceptors (Lipinski definition) is 7. The number of carbonyl (C=O) groups is 1. The van der Waals surface area contributed by atoms with E-state index in [1.807, 2.05) is 37.3 Å². The maximum absolute atomic E-state index is 12.7. The maximum atomic E-state index is 12.7. The van der Waals surface area contributed by atoms with Crippen molar-refractivity contribution in [2.45, 2.75) is 38.7 Å². The van der Waals surface area contributed by atoms with Crippen LogP contribution in [0.4, 0.5) is 5.69 Å². The van der Waals surface area contributed by atoms with Crippen LogP contribution < -0.4 is 10.5 Å². The molecular formula is C24H21N3O5. The highest BCUT2D eigenvalue weighted by atomic mass is 16.6. The predicted octanol–water partition coefficient (Wildman–Crippen LogP) is 4.30. The van der Waals surface area contributed by atoms with Crippen LogP contribution in [0.15, 0.2) is 65.3 Å². The molecule has 0 aromatic heterocycles. The van der Waals surface area contributed by atoms with Crippen LogP contribution in [-0.4, -0.2) is 10.7 Å². The average Bonchev–Trinajstić information content (AvgIpc) is 2.78. The molecule has 1 heterocycles. The number of ether oxygens (including phenoxy) is 2. The van der Waals surface area contributed by atoms with Gasteiger partial charge in [0.15, 0.2) is 11.5 Å². The summed E-state index contributed by atoms with van der Waals surface area (Å²) in [5.41, 5.74) is 8.53. The van der Waals surface area contributed by atoms with E-state index < -0.39 is 10.8 Å². The standard InChI is InChI=1S/C24H21N3O5/c1-14-5-7-15(8-6-14)13-31-20-10-9-16(11-18(20)27(29)30)22-17(12-25)24(26)32-21-4-2-3-19(28)23(21)22/h5-11,22H,2-4,13,26H2,1H3. The predicted molar refractivity (Wildman–Crippen MR) is 115 cm³/mol. The van der Waals surface area contributed by atoms with Crippen LogP contribution in [0.2, 0.25) is 0 Å². The van der Waals surface area contributed by atoms with Crippen LogP contribution in [-0.2, 0) is 16.1 Å². The fraction of sp³-hybridized carbons (Fsp3) is 0.250. The number of nitro benzene ring substituents is 1. The Labute approximate surface area is 184 Å². The molecule has 2 aromatic rings. The summed E-state index contributed by atoms with van der Waals surface area (Å²) in [7, 11) is 0. The number of hydrogen-bond donors (Lipinski definition) is 1. The zero-order valence-electron chi connectivity index (χ0n) is 17.5. The average molecular weight is 431 g/mol. The van der Waals surface area contributed by atoms with Gasteiger partial charge < -0.3 is 15.2 Å². The van der Waals surface area contributed by atoms with E-state index in [0.29, 0.717) is 36.2 Å². The number of carbonyl (C=O) groups excluding carboxylic acids is 1. The van der Waals surface area contributed by atoms with Crippen molar-refractivity contribution in [1.29, 1.82) is 5.26 Å². The van der Waals surface area contributed by atoms with Gasteiger partial charge >= 0.3 is 5.69 Å². The first-order chi connectivity index (χ1) is 15.4. The molecule has 1 aliphatic heterocycles. The summed E-state index contributed by atoms with van der Waals surface area (Å²) in [6, 6.07) is 14.2. The van der Waals surface area contributed by atoms with Crippen LogP contribution in [0.5, 0.6) is 5.75 Å². The zero-order chi connectivity index (χ0) is 22.8. The lowest BCUT2D eigenvalue weighted by Crippen LogP contribution is -2.27. The van der Waals surface area contributed by atoms with Gasteiger partial charge in [-0.25, -0.2) is 0 Å². The van der Waals surface area contributed by atoms with Gasteiger partial charge in [0.25, 0.3) is 0 Å². The Morgan fingerprint density at radius 3 is 2.69 bits per heavy atom. The number of aryl methyl sites for hydroxylation is 1. The van der Waals surface area contributed by atoms with Crippen molar-refractivity contribution in [3.8, 4) is 11.8 Å². The molecule has 4 rings (SSSR count). The Bertz CT molecular complexity index is 1210. The minimum absolute atomic E-state index is 0.0709. The van der Waals surface area contributed by atoms with Crippen molar-refractivity contribution < 1.29 is 19.2 Å². The van der Waals surface area contributed by atoms with Gasteiger partial charge in [0, 0.05) is 24.5 Å². The second kappa shape index (κ2) is 8.55. The molecular weight excluding hydrogens is 410 g/mol. The molecule has 0 fully saturated rings. The topological polar surface area (TPSA) is 128 Å². The fourth-order valence-electron chi connectivity index (χ4n) is 4.01. The molecule has 1 atom stereocenters. The van der Waals surface area contributed by atoms with Gasteiger partial charge in [-0.05, 0) is 30.5 Å². The van der Waals surface area contributed by atoms with E-state index >= 15 is 0 Å². The third kappa shape index (κ3) is 3.93. The van der Waals surface area contributed by atoms with E-state index in [-0.39, 0.29) is 35.3 Å². The maximum Gasteiger partial charge on any atom is 0.311 e. The highest BCUT2D eigenvalue weighted by Gasteiger charge is 2.38. The highest BCUT2D eigenvalue weighted by Crippen LogP contribution is 2.45. The Hall–Kier alpha value is -4.12. The molecule has 2 aliphatic rings. The summed E-state index contributed by atoms with van der Waals surface area (Å²) in [5.74, 6) is -0.482. The number of nitro groups is 1. The molecule has 0 bridgehead atoms. The lowest BCUT2D eigenvalue weighted by molar-refractivity contribution is -0.386. The number of Topliss-reactive ketones (excluding diaryl/α,β-unsaturated/α-hetero) is 1. The summed E-state index contributed by atoms with van der Waals surface area (Å²) in [5, 5.41) is 21.5. The SMILES string of the molecule is Cc1ccc(COc2ccc(C3C(C#N)=C(N)OC4=C3C(=O)CCC4)cc2[N+](=O)[O-])cc1. The Kier molecular flexibility index (Phi) is 5.65. The van der Waals surface area contributed by atoms with Crippen LogP contribution in [0, 0.1) is 28.4 Å². The molecule has 0 amide bonds. The van der Waals surface area contributed by atoms with E-state index in [2.05, 4.69) is 0 Å². The Morgan fingerprint density at radius 2 is 2.00 bits per heavy atom. The summed E-state index contributed by atoms with van der Waals surface area (Å²) in [6.07, 6.45) is 1.49. The van der Waals surface area contributed by atoms with E-state index in [1.54, 1.807) is 6.07 Å². The quantitative estimate of drug-likeness (QED) is 0.552. The third-order valence-corrected chi connectivity index (χ3v) is 5.63. The first-order valence-corrected chi connectivity index (χ1v) is 10.2. The third-order valence-electron chi connectivity index (χ3n) is 5.63. The molecule has 0 radical (unpaired) electrons. The number of rotatable bonds is 5. The monoisotopic (exact) mass is 431 g/mol. The van der Waals surface area contributed by atoms with Crippen LogP contribution in [0.1, 0.15) is 41.9 Å². The van der Waals surface area contributed by atoms with E-state index in [9.17, 15) is 20.2 Å². The number of nitrogens with zero attached hydrogens (tertiary/aromatic N) is 2. The molecule has 162 valence electrons. The molecule has 32 heavy (non-hydrogen) atoms. The Balaban J connectivity index is 1.72. The molecule has 1 aliphatic carbocycles. The van der Waals surface area contributed by atoms with E-state index in [0.717, 1.165) is 11.1 Å². The van der Waals surface area contributed by atoms with Gasteiger partial charge in [0.05, 0.1) is 10.8 Å². The normalized spacial score (nSPS) is 18.0. The summed E-state index contributed by atoms with van der Waals surface area (Å²) >= 11 is 0. The molecule has 0 spiro atoms. The van der Waals surface area contributed by atoms with Crippen molar-refractivity contribution in [3.63, 3.8) is 0 Å². The largest absolute Gasteiger partial charge is 0.482 e. The van der Waals surface area contributed by atoms with E-state index in [4.69, 9.17) is 15.2 Å². The summed E-state index contributed by atoms with van der Waals surface area (Å²) in [6.45, 7) is 2.14. The molecule has 0 saturated carbocycles. The van der Waals surface area contributed by atoms with E-state index in [1.165, 1.54) is 12.1 Å².